The molecule has 158 valence electrons. The van der Waals surface area contributed by atoms with Gasteiger partial charge < -0.3 is 0 Å². The first-order chi connectivity index (χ1) is 15.6. The van der Waals surface area contributed by atoms with Crippen LogP contribution in [0.25, 0.3) is 27.6 Å². The molecule has 1 unspecified atom stereocenters. The number of benzene rings is 4. The Kier molecular flexibility index (Phi) is 5.85. The summed E-state index contributed by atoms with van der Waals surface area (Å²) in [6, 6.07) is 24.3. The predicted molar refractivity (Wildman–Crippen MR) is 136 cm³/mol. The van der Waals surface area contributed by atoms with Crippen molar-refractivity contribution >= 4 is 73.6 Å². The van der Waals surface area contributed by atoms with Crippen LogP contribution in [0.5, 0.6) is 0 Å². The molecule has 5 heteroatoms. The third kappa shape index (κ3) is 3.77. The highest BCUT2D eigenvalue weighted by Gasteiger charge is 2.36. The van der Waals surface area contributed by atoms with Crippen LogP contribution in [0.15, 0.2) is 87.5 Å². The molecular weight excluding hydrogens is 456 g/mol. The maximum absolute atomic E-state index is 12.8. The minimum atomic E-state index is -0.525. The summed E-state index contributed by atoms with van der Waals surface area (Å²) in [5.74, 6) is -0.584. The Labute approximate surface area is 200 Å². The van der Waals surface area contributed by atoms with Gasteiger partial charge in [-0.05, 0) is 75.6 Å². The van der Waals surface area contributed by atoms with E-state index in [0.29, 0.717) is 16.3 Å². The number of fused-ring (bicyclic) bond motifs is 2. The number of hydrogen-bond donors (Lipinski definition) is 0. The first kappa shape index (κ1) is 21.3. The molecule has 4 aromatic rings. The van der Waals surface area contributed by atoms with E-state index in [1.807, 2.05) is 61.5 Å². The average molecular weight is 475 g/mol. The minimum Gasteiger partial charge on any atom is -0.293 e. The molecule has 1 saturated heterocycles. The lowest BCUT2D eigenvalue weighted by Crippen LogP contribution is -2.12. The molecular formula is C27H19ClO2S2. The van der Waals surface area contributed by atoms with E-state index in [2.05, 4.69) is 24.3 Å². The molecule has 0 aromatic heterocycles. The zero-order valence-corrected chi connectivity index (χ0v) is 19.7. The fourth-order valence-electron chi connectivity index (χ4n) is 4.10. The van der Waals surface area contributed by atoms with Gasteiger partial charge >= 0.3 is 0 Å². The zero-order chi connectivity index (χ0) is 22.2. The van der Waals surface area contributed by atoms with Crippen molar-refractivity contribution in [3.8, 4) is 0 Å². The second kappa shape index (κ2) is 8.78. The molecule has 1 heterocycles. The number of Topliss-reactive ketones (excluding diaryl/α,β-unsaturated/α-hetero) is 1. The van der Waals surface area contributed by atoms with Gasteiger partial charge in [-0.2, -0.15) is 0 Å². The summed E-state index contributed by atoms with van der Waals surface area (Å²) in [5.41, 5.74) is 0.983. The SMILES string of the molecule is CCC1C(=O)S/C(=C\c2c3ccccc3c(Sc3ccc(Cl)cc3)c3ccccc23)C1=O. The van der Waals surface area contributed by atoms with Crippen LogP contribution in [-0.2, 0) is 9.59 Å². The molecule has 1 fully saturated rings. The van der Waals surface area contributed by atoms with Crippen molar-refractivity contribution in [2.24, 2.45) is 5.92 Å². The fourth-order valence-corrected chi connectivity index (χ4v) is 6.36. The summed E-state index contributed by atoms with van der Waals surface area (Å²) >= 11 is 8.87. The summed E-state index contributed by atoms with van der Waals surface area (Å²) in [4.78, 5) is 28.0. The Morgan fingerprint density at radius 1 is 0.875 bits per heavy atom. The largest absolute Gasteiger partial charge is 0.293 e. The molecule has 0 amide bonds. The lowest BCUT2D eigenvalue weighted by atomic mass is 9.95. The molecule has 0 aliphatic carbocycles. The van der Waals surface area contributed by atoms with Crippen molar-refractivity contribution in [3.63, 3.8) is 0 Å². The number of rotatable bonds is 4. The van der Waals surface area contributed by atoms with Gasteiger partial charge in [0.05, 0.1) is 10.8 Å². The topological polar surface area (TPSA) is 34.1 Å². The van der Waals surface area contributed by atoms with E-state index in [1.165, 1.54) is 0 Å². The molecule has 1 aliphatic heterocycles. The maximum Gasteiger partial charge on any atom is 0.204 e. The first-order valence-corrected chi connectivity index (χ1v) is 12.4. The Balaban J connectivity index is 1.75. The molecule has 0 radical (unpaired) electrons. The molecule has 0 spiro atoms. The van der Waals surface area contributed by atoms with Crippen LogP contribution in [-0.4, -0.2) is 10.9 Å². The number of ketones is 1. The monoisotopic (exact) mass is 474 g/mol. The average Bonchev–Trinajstić information content (AvgIpc) is 3.09. The van der Waals surface area contributed by atoms with Crippen molar-refractivity contribution in [1.82, 2.24) is 0 Å². The molecule has 0 N–H and O–H groups in total. The van der Waals surface area contributed by atoms with Gasteiger partial charge in [0, 0.05) is 14.8 Å². The van der Waals surface area contributed by atoms with E-state index in [1.54, 1.807) is 11.8 Å². The normalized spacial score (nSPS) is 17.7. The van der Waals surface area contributed by atoms with E-state index in [0.717, 1.165) is 48.7 Å². The van der Waals surface area contributed by atoms with E-state index in [-0.39, 0.29) is 10.9 Å². The predicted octanol–water partition coefficient (Wildman–Crippen LogP) is 8.01. The van der Waals surface area contributed by atoms with Crippen molar-refractivity contribution in [2.45, 2.75) is 23.1 Å². The van der Waals surface area contributed by atoms with Crippen LogP contribution in [0.3, 0.4) is 0 Å². The van der Waals surface area contributed by atoms with Crippen LogP contribution < -0.4 is 0 Å². The quantitative estimate of drug-likeness (QED) is 0.170. The van der Waals surface area contributed by atoms with E-state index >= 15 is 0 Å². The maximum atomic E-state index is 12.8. The zero-order valence-electron chi connectivity index (χ0n) is 17.3. The van der Waals surface area contributed by atoms with Crippen LogP contribution in [0.2, 0.25) is 5.02 Å². The molecule has 0 saturated carbocycles. The third-order valence-electron chi connectivity index (χ3n) is 5.70. The number of carbonyl (C=O) groups is 2. The fraction of sp³-hybridized carbons (Fsp3) is 0.111. The van der Waals surface area contributed by atoms with Gasteiger partial charge in [0.1, 0.15) is 0 Å². The number of halogens is 1. The van der Waals surface area contributed by atoms with Gasteiger partial charge in [-0.1, -0.05) is 78.8 Å². The number of thioether (sulfide) groups is 1. The molecule has 1 aliphatic rings. The molecule has 1 atom stereocenters. The molecule has 0 bridgehead atoms. The van der Waals surface area contributed by atoms with E-state index in [4.69, 9.17) is 11.6 Å². The summed E-state index contributed by atoms with van der Waals surface area (Å²) in [7, 11) is 0. The van der Waals surface area contributed by atoms with Gasteiger partial charge in [-0.3, -0.25) is 9.59 Å². The van der Waals surface area contributed by atoms with Crippen LogP contribution in [0, 0.1) is 5.92 Å². The van der Waals surface area contributed by atoms with Crippen molar-refractivity contribution in [2.75, 3.05) is 0 Å². The number of allylic oxidation sites excluding steroid dienone is 1. The second-order valence-electron chi connectivity index (χ2n) is 7.64. The minimum absolute atomic E-state index is 0.0488. The first-order valence-electron chi connectivity index (χ1n) is 10.4. The molecule has 32 heavy (non-hydrogen) atoms. The van der Waals surface area contributed by atoms with Crippen LogP contribution in [0.4, 0.5) is 0 Å². The number of carbonyl (C=O) groups excluding carboxylic acids is 2. The van der Waals surface area contributed by atoms with E-state index < -0.39 is 5.92 Å². The Bertz CT molecular complexity index is 1350. The molecule has 4 aromatic carbocycles. The Morgan fingerprint density at radius 3 is 1.97 bits per heavy atom. The summed E-state index contributed by atoms with van der Waals surface area (Å²) in [6.45, 7) is 1.89. The van der Waals surface area contributed by atoms with Gasteiger partial charge in [0.2, 0.25) is 5.12 Å². The lowest BCUT2D eigenvalue weighted by molar-refractivity contribution is -0.124. The molecule has 5 rings (SSSR count). The second-order valence-corrected chi connectivity index (χ2v) is 10.2. The Hall–Kier alpha value is -2.53. The molecule has 2 nitrogen and oxygen atoms in total. The van der Waals surface area contributed by atoms with Gasteiger partial charge in [0.25, 0.3) is 0 Å². The van der Waals surface area contributed by atoms with Crippen molar-refractivity contribution < 1.29 is 9.59 Å². The summed E-state index contributed by atoms with van der Waals surface area (Å²) in [5, 5.41) is 5.03. The van der Waals surface area contributed by atoms with Gasteiger partial charge in [0.15, 0.2) is 5.78 Å². The van der Waals surface area contributed by atoms with Crippen LogP contribution >= 0.6 is 35.1 Å². The Morgan fingerprint density at radius 2 is 1.44 bits per heavy atom. The van der Waals surface area contributed by atoms with Crippen molar-refractivity contribution in [1.29, 1.82) is 0 Å². The summed E-state index contributed by atoms with van der Waals surface area (Å²) in [6.07, 6.45) is 2.46. The van der Waals surface area contributed by atoms with Gasteiger partial charge in [-0.25, -0.2) is 0 Å². The van der Waals surface area contributed by atoms with Crippen LogP contribution in [0.1, 0.15) is 18.9 Å². The van der Waals surface area contributed by atoms with Gasteiger partial charge in [-0.15, -0.1) is 0 Å². The highest BCUT2D eigenvalue weighted by molar-refractivity contribution is 8.18. The third-order valence-corrected chi connectivity index (χ3v) is 8.12. The highest BCUT2D eigenvalue weighted by atomic mass is 35.5. The van der Waals surface area contributed by atoms with E-state index in [9.17, 15) is 9.59 Å². The number of hydrogen-bond acceptors (Lipinski definition) is 4. The standard InChI is InChI=1S/C27H19ClO2S2/c1-2-18-25(29)24(32-27(18)30)15-23-19-7-3-5-9-21(19)26(22-10-6-4-8-20(22)23)31-17-13-11-16(28)12-14-17/h3-15,18H,2H2,1H3/b24-15-. The summed E-state index contributed by atoms with van der Waals surface area (Å²) < 4.78 is 0. The van der Waals surface area contributed by atoms with Crippen molar-refractivity contribution in [3.05, 3.63) is 88.3 Å². The highest BCUT2D eigenvalue weighted by Crippen LogP contribution is 2.44. The lowest BCUT2D eigenvalue weighted by Gasteiger charge is -2.15. The smallest absolute Gasteiger partial charge is 0.204 e.